The molecule has 0 radical (unpaired) electrons. The van der Waals surface area contributed by atoms with Crippen LogP contribution >= 0.6 is 11.8 Å². The molecule has 1 heterocycles. The van der Waals surface area contributed by atoms with Gasteiger partial charge in [-0.05, 0) is 61.4 Å². The Balaban J connectivity index is 1.91. The van der Waals surface area contributed by atoms with Gasteiger partial charge in [-0.3, -0.25) is 4.79 Å². The van der Waals surface area contributed by atoms with Crippen molar-refractivity contribution >= 4 is 29.4 Å². The van der Waals surface area contributed by atoms with Crippen LogP contribution in [0.2, 0.25) is 0 Å². The van der Waals surface area contributed by atoms with Gasteiger partial charge in [0.15, 0.2) is 0 Å². The molecule has 1 aromatic heterocycles. The maximum absolute atomic E-state index is 11.5. The summed E-state index contributed by atoms with van der Waals surface area (Å²) < 4.78 is 10.9. The van der Waals surface area contributed by atoms with Crippen LogP contribution in [0.1, 0.15) is 28.7 Å². The van der Waals surface area contributed by atoms with Crippen molar-refractivity contribution in [3.63, 3.8) is 0 Å². The van der Waals surface area contributed by atoms with Crippen molar-refractivity contribution in [1.82, 2.24) is 9.97 Å². The van der Waals surface area contributed by atoms with Gasteiger partial charge in [0, 0.05) is 17.6 Å². The Bertz CT molecular complexity index is 1220. The molecule has 0 saturated carbocycles. The fourth-order valence-corrected chi connectivity index (χ4v) is 3.79. The smallest absolute Gasteiger partial charge is 0.306 e. The molecule has 0 aliphatic carbocycles. The summed E-state index contributed by atoms with van der Waals surface area (Å²) in [6, 6.07) is 14.6. The first-order valence-electron chi connectivity index (χ1n) is 9.96. The first-order valence-corrected chi connectivity index (χ1v) is 10.9. The second-order valence-corrected chi connectivity index (χ2v) is 8.14. The Morgan fingerprint density at radius 1 is 1.09 bits per heavy atom. The number of aryl methyl sites for hydroxylation is 2. The van der Waals surface area contributed by atoms with E-state index < -0.39 is 0 Å². The molecule has 0 spiro atoms. The topological polar surface area (TPSA) is 121 Å². The van der Waals surface area contributed by atoms with Crippen LogP contribution in [-0.2, 0) is 9.53 Å². The Morgan fingerprint density at radius 3 is 2.36 bits per heavy atom. The van der Waals surface area contributed by atoms with Gasteiger partial charge in [-0.15, -0.1) is 11.8 Å². The van der Waals surface area contributed by atoms with Crippen LogP contribution < -0.4 is 10.1 Å². The highest BCUT2D eigenvalue weighted by atomic mass is 32.2. The SMILES string of the molecule is COC(=O)CCSc1cnc(Nc2ccc(C#N)cc2)nc1Oc1c(C)cc(C#N)cc1C. The van der Waals surface area contributed by atoms with Gasteiger partial charge in [-0.2, -0.15) is 15.5 Å². The van der Waals surface area contributed by atoms with Crippen LogP contribution in [-0.4, -0.2) is 28.8 Å². The van der Waals surface area contributed by atoms with E-state index in [9.17, 15) is 10.1 Å². The Kier molecular flexibility index (Phi) is 7.85. The fourth-order valence-electron chi connectivity index (χ4n) is 2.96. The summed E-state index contributed by atoms with van der Waals surface area (Å²) >= 11 is 1.38. The molecule has 8 nitrogen and oxygen atoms in total. The molecule has 1 N–H and O–H groups in total. The highest BCUT2D eigenvalue weighted by molar-refractivity contribution is 7.99. The molecule has 33 heavy (non-hydrogen) atoms. The molecule has 0 bridgehead atoms. The zero-order chi connectivity index (χ0) is 23.8. The zero-order valence-corrected chi connectivity index (χ0v) is 19.2. The monoisotopic (exact) mass is 459 g/mol. The van der Waals surface area contributed by atoms with Crippen molar-refractivity contribution in [2.75, 3.05) is 18.2 Å². The number of hydrogen-bond donors (Lipinski definition) is 1. The van der Waals surface area contributed by atoms with Crippen LogP contribution in [0.25, 0.3) is 0 Å². The molecule has 0 atom stereocenters. The molecule has 166 valence electrons. The summed E-state index contributed by atoms with van der Waals surface area (Å²) in [6.45, 7) is 3.73. The van der Waals surface area contributed by atoms with Crippen LogP contribution in [0.3, 0.4) is 0 Å². The molecule has 3 rings (SSSR count). The maximum atomic E-state index is 11.5. The van der Waals surface area contributed by atoms with E-state index in [-0.39, 0.29) is 12.4 Å². The lowest BCUT2D eigenvalue weighted by Gasteiger charge is -2.15. The second-order valence-electron chi connectivity index (χ2n) is 7.00. The molecule has 0 amide bonds. The lowest BCUT2D eigenvalue weighted by molar-refractivity contribution is -0.140. The van der Waals surface area contributed by atoms with E-state index in [1.54, 1.807) is 42.6 Å². The lowest BCUT2D eigenvalue weighted by Crippen LogP contribution is -2.03. The summed E-state index contributed by atoms with van der Waals surface area (Å²) in [7, 11) is 1.35. The van der Waals surface area contributed by atoms with E-state index in [4.69, 9.17) is 14.7 Å². The first kappa shape index (κ1) is 23.6. The number of carbonyl (C=O) groups excluding carboxylic acids is 1. The zero-order valence-electron chi connectivity index (χ0n) is 18.4. The highest BCUT2D eigenvalue weighted by Crippen LogP contribution is 2.35. The normalized spacial score (nSPS) is 10.1. The number of aromatic nitrogens is 2. The van der Waals surface area contributed by atoms with Crippen LogP contribution in [0, 0.1) is 36.5 Å². The number of anilines is 2. The van der Waals surface area contributed by atoms with Crippen LogP contribution in [0.15, 0.2) is 47.5 Å². The molecule has 0 aliphatic heterocycles. The number of nitriles is 2. The number of esters is 1. The molecular weight excluding hydrogens is 438 g/mol. The Morgan fingerprint density at radius 2 is 1.76 bits per heavy atom. The molecule has 0 aliphatic rings. The van der Waals surface area contributed by atoms with Crippen molar-refractivity contribution in [2.24, 2.45) is 0 Å². The van der Waals surface area contributed by atoms with E-state index in [2.05, 4.69) is 27.4 Å². The second kappa shape index (κ2) is 11.0. The molecular formula is C24H21N5O3S. The van der Waals surface area contributed by atoms with Crippen molar-refractivity contribution in [3.05, 3.63) is 64.8 Å². The van der Waals surface area contributed by atoms with Crippen molar-refractivity contribution < 1.29 is 14.3 Å². The minimum absolute atomic E-state index is 0.237. The first-order chi connectivity index (χ1) is 15.9. The summed E-state index contributed by atoms with van der Waals surface area (Å²) in [4.78, 5) is 21.0. The van der Waals surface area contributed by atoms with E-state index in [1.807, 2.05) is 13.8 Å². The van der Waals surface area contributed by atoms with Crippen LogP contribution in [0.5, 0.6) is 11.6 Å². The number of methoxy groups -OCH3 is 1. The summed E-state index contributed by atoms with van der Waals surface area (Å²) in [5, 5.41) is 21.3. The number of carbonyl (C=O) groups is 1. The number of ether oxygens (including phenoxy) is 2. The average Bonchev–Trinajstić information content (AvgIpc) is 2.82. The van der Waals surface area contributed by atoms with E-state index in [0.29, 0.717) is 39.4 Å². The van der Waals surface area contributed by atoms with Gasteiger partial charge in [-0.25, -0.2) is 4.98 Å². The number of hydrogen-bond acceptors (Lipinski definition) is 9. The predicted molar refractivity (Wildman–Crippen MR) is 125 cm³/mol. The molecule has 0 unspecified atom stereocenters. The Labute approximate surface area is 196 Å². The highest BCUT2D eigenvalue weighted by Gasteiger charge is 2.15. The number of thioether (sulfide) groups is 1. The minimum atomic E-state index is -0.302. The number of benzene rings is 2. The van der Waals surface area contributed by atoms with Gasteiger partial charge in [0.2, 0.25) is 11.8 Å². The lowest BCUT2D eigenvalue weighted by atomic mass is 10.1. The van der Waals surface area contributed by atoms with Crippen molar-refractivity contribution in [3.8, 4) is 23.8 Å². The quantitative estimate of drug-likeness (QED) is 0.365. The largest absolute Gasteiger partial charge is 0.469 e. The van der Waals surface area contributed by atoms with E-state index in [1.165, 1.54) is 18.9 Å². The number of nitrogens with one attached hydrogen (secondary N) is 1. The van der Waals surface area contributed by atoms with Crippen molar-refractivity contribution in [1.29, 1.82) is 10.5 Å². The van der Waals surface area contributed by atoms with Crippen LogP contribution in [0.4, 0.5) is 11.6 Å². The number of rotatable bonds is 8. The third-order valence-corrected chi connectivity index (χ3v) is 5.57. The maximum Gasteiger partial charge on any atom is 0.306 e. The van der Waals surface area contributed by atoms with Gasteiger partial charge in [-0.1, -0.05) is 0 Å². The van der Waals surface area contributed by atoms with Gasteiger partial charge >= 0.3 is 5.97 Å². The van der Waals surface area contributed by atoms with Gasteiger partial charge in [0.1, 0.15) is 5.75 Å². The minimum Gasteiger partial charge on any atom is -0.469 e. The molecule has 2 aromatic carbocycles. The molecule has 0 fully saturated rings. The van der Waals surface area contributed by atoms with Gasteiger partial charge in [0.25, 0.3) is 0 Å². The molecule has 9 heteroatoms. The third kappa shape index (κ3) is 6.22. The molecule has 0 saturated heterocycles. The number of nitrogens with zero attached hydrogens (tertiary/aromatic N) is 4. The predicted octanol–water partition coefficient (Wildman–Crippen LogP) is 5.03. The average molecular weight is 460 g/mol. The standard InChI is InChI=1S/C24H21N5O3S/c1-15-10-18(13-26)11-16(2)22(15)32-23-20(33-9-8-21(30)31-3)14-27-24(29-23)28-19-6-4-17(12-25)5-7-19/h4-7,10-11,14H,8-9H2,1-3H3,(H,27,28,29). The summed E-state index contributed by atoms with van der Waals surface area (Å²) in [5.74, 6) is 1.42. The fraction of sp³-hybridized carbons (Fsp3) is 0.208. The van der Waals surface area contributed by atoms with Gasteiger partial charge < -0.3 is 14.8 Å². The third-order valence-electron chi connectivity index (χ3n) is 4.57. The van der Waals surface area contributed by atoms with E-state index in [0.717, 1.165) is 16.8 Å². The molecule has 3 aromatic rings. The summed E-state index contributed by atoms with van der Waals surface area (Å²) in [6.07, 6.45) is 1.87. The summed E-state index contributed by atoms with van der Waals surface area (Å²) in [5.41, 5.74) is 3.43. The Hall–Kier alpha value is -4.08. The van der Waals surface area contributed by atoms with Gasteiger partial charge in [0.05, 0.1) is 41.7 Å². The van der Waals surface area contributed by atoms with Crippen molar-refractivity contribution in [2.45, 2.75) is 25.2 Å². The van der Waals surface area contributed by atoms with E-state index >= 15 is 0 Å².